The van der Waals surface area contributed by atoms with E-state index in [2.05, 4.69) is 0 Å². The Morgan fingerprint density at radius 2 is 1.82 bits per heavy atom. The Morgan fingerprint density at radius 3 is 2.25 bits per heavy atom. The Morgan fingerprint density at radius 1 is 1.25 bits per heavy atom. The van der Waals surface area contributed by atoms with Crippen LogP contribution in [0.25, 0.3) is 0 Å². The number of ether oxygens (including phenoxy) is 1. The molecule has 0 fully saturated rings. The van der Waals surface area contributed by atoms with Crippen LogP contribution in [-0.4, -0.2) is 29.4 Å². The van der Waals surface area contributed by atoms with Gasteiger partial charge in [-0.2, -0.15) is 5.26 Å². The summed E-state index contributed by atoms with van der Waals surface area (Å²) in [6.07, 6.45) is 0.262. The van der Waals surface area contributed by atoms with E-state index >= 15 is 0 Å². The van der Waals surface area contributed by atoms with Gasteiger partial charge in [-0.15, -0.1) is 0 Å². The number of nitro groups is 1. The summed E-state index contributed by atoms with van der Waals surface area (Å²) >= 11 is 0. The number of anilines is 1. The van der Waals surface area contributed by atoms with Crippen LogP contribution in [0.5, 0.6) is 0 Å². The summed E-state index contributed by atoms with van der Waals surface area (Å²) in [4.78, 5) is 37.0. The molecule has 0 saturated heterocycles. The molecule has 0 saturated carbocycles. The van der Waals surface area contributed by atoms with E-state index in [9.17, 15) is 25.0 Å². The van der Waals surface area contributed by atoms with E-state index in [0.29, 0.717) is 5.69 Å². The van der Waals surface area contributed by atoms with Crippen molar-refractivity contribution in [1.29, 1.82) is 5.26 Å². The normalized spacial score (nSPS) is 12.6. The predicted molar refractivity (Wildman–Crippen MR) is 105 cm³/mol. The maximum atomic E-state index is 12.4. The van der Waals surface area contributed by atoms with Gasteiger partial charge in [-0.1, -0.05) is 20.8 Å². The number of esters is 1. The Kier molecular flexibility index (Phi) is 6.91. The predicted octanol–water partition coefficient (Wildman–Crippen LogP) is 3.94. The Hall–Kier alpha value is -2.95. The lowest BCUT2D eigenvalue weighted by atomic mass is 9.91. The molecule has 0 spiro atoms. The average molecular weight is 389 g/mol. The summed E-state index contributed by atoms with van der Waals surface area (Å²) in [7, 11) is 1.53. The number of rotatable bonds is 5. The van der Waals surface area contributed by atoms with Crippen LogP contribution in [0.1, 0.15) is 59.4 Å². The molecule has 1 aromatic rings. The highest BCUT2D eigenvalue weighted by Crippen LogP contribution is 2.33. The lowest BCUT2D eigenvalue weighted by Gasteiger charge is -2.24. The van der Waals surface area contributed by atoms with Gasteiger partial charge in [-0.05, 0) is 38.3 Å². The standard InChI is InChI=1S/C20H27N3O5/c1-19(2,3)11-17(24)22(7)13-8-9-14(16(10-13)23(26)27)15(12-21)18(25)28-20(4,5)6/h8-10,15H,11H2,1-7H3. The zero-order valence-corrected chi connectivity index (χ0v) is 17.4. The highest BCUT2D eigenvalue weighted by Gasteiger charge is 2.33. The van der Waals surface area contributed by atoms with E-state index in [1.165, 1.54) is 30.1 Å². The Labute approximate surface area is 165 Å². The fourth-order valence-corrected chi connectivity index (χ4v) is 2.47. The van der Waals surface area contributed by atoms with Crippen molar-refractivity contribution in [3.05, 3.63) is 33.9 Å². The first-order chi connectivity index (χ1) is 12.7. The molecule has 0 aliphatic carbocycles. The molecule has 8 nitrogen and oxygen atoms in total. The minimum atomic E-state index is -1.44. The lowest BCUT2D eigenvalue weighted by Crippen LogP contribution is -2.30. The third-order valence-corrected chi connectivity index (χ3v) is 3.74. The van der Waals surface area contributed by atoms with Crippen molar-refractivity contribution < 1.29 is 19.2 Å². The monoisotopic (exact) mass is 389 g/mol. The number of amides is 1. The van der Waals surface area contributed by atoms with Gasteiger partial charge in [0.15, 0.2) is 5.92 Å². The molecule has 0 bridgehead atoms. The molecule has 8 heteroatoms. The third-order valence-electron chi connectivity index (χ3n) is 3.74. The number of carbonyl (C=O) groups is 2. The minimum Gasteiger partial charge on any atom is -0.459 e. The second-order valence-corrected chi connectivity index (χ2v) is 8.79. The number of nitro benzene ring substituents is 1. The SMILES string of the molecule is CN(C(=O)CC(C)(C)C)c1ccc(C(C#N)C(=O)OC(C)(C)C)c([N+](=O)[O-])c1. The van der Waals surface area contributed by atoms with E-state index in [4.69, 9.17) is 4.74 Å². The van der Waals surface area contributed by atoms with Crippen molar-refractivity contribution in [2.45, 2.75) is 59.5 Å². The van der Waals surface area contributed by atoms with Crippen LogP contribution < -0.4 is 4.90 Å². The van der Waals surface area contributed by atoms with Crippen molar-refractivity contribution in [2.75, 3.05) is 11.9 Å². The molecule has 1 rings (SSSR count). The zero-order chi connectivity index (χ0) is 21.9. The van der Waals surface area contributed by atoms with Gasteiger partial charge in [0.25, 0.3) is 5.69 Å². The van der Waals surface area contributed by atoms with Gasteiger partial charge < -0.3 is 9.64 Å². The number of benzene rings is 1. The maximum absolute atomic E-state index is 12.4. The summed E-state index contributed by atoms with van der Waals surface area (Å²) in [5.74, 6) is -2.49. The molecule has 152 valence electrons. The smallest absolute Gasteiger partial charge is 0.328 e. The number of carbonyl (C=O) groups excluding carboxylic acids is 2. The average Bonchev–Trinajstić information content (AvgIpc) is 2.51. The van der Waals surface area contributed by atoms with Crippen molar-refractivity contribution >= 4 is 23.3 Å². The van der Waals surface area contributed by atoms with Crippen LogP contribution >= 0.6 is 0 Å². The summed E-state index contributed by atoms with van der Waals surface area (Å²) in [6, 6.07) is 5.79. The molecule has 1 atom stereocenters. The molecule has 0 aliphatic rings. The molecule has 1 amide bonds. The van der Waals surface area contributed by atoms with Gasteiger partial charge in [0.1, 0.15) is 5.60 Å². The van der Waals surface area contributed by atoms with Crippen molar-refractivity contribution in [3.8, 4) is 6.07 Å². The van der Waals surface area contributed by atoms with E-state index in [-0.39, 0.29) is 23.3 Å². The van der Waals surface area contributed by atoms with Gasteiger partial charge in [0, 0.05) is 19.5 Å². The van der Waals surface area contributed by atoms with Crippen LogP contribution in [0.2, 0.25) is 0 Å². The van der Waals surface area contributed by atoms with Gasteiger partial charge in [-0.3, -0.25) is 19.7 Å². The van der Waals surface area contributed by atoms with Crippen LogP contribution in [0.3, 0.4) is 0 Å². The Bertz CT molecular complexity index is 813. The number of hydrogen-bond acceptors (Lipinski definition) is 6. The van der Waals surface area contributed by atoms with E-state index in [1.54, 1.807) is 26.8 Å². The largest absolute Gasteiger partial charge is 0.459 e. The van der Waals surface area contributed by atoms with E-state index < -0.39 is 28.1 Å². The number of nitrogens with zero attached hydrogens (tertiary/aromatic N) is 3. The molecule has 0 radical (unpaired) electrons. The van der Waals surface area contributed by atoms with Crippen LogP contribution in [0, 0.1) is 26.9 Å². The highest BCUT2D eigenvalue weighted by molar-refractivity contribution is 5.94. The van der Waals surface area contributed by atoms with Crippen LogP contribution in [-0.2, 0) is 14.3 Å². The molecule has 1 unspecified atom stereocenters. The minimum absolute atomic E-state index is 0.0674. The lowest BCUT2D eigenvalue weighted by molar-refractivity contribution is -0.385. The summed E-state index contributed by atoms with van der Waals surface area (Å²) in [5, 5.41) is 21.0. The molecule has 1 aromatic carbocycles. The first kappa shape index (κ1) is 23.1. The topological polar surface area (TPSA) is 114 Å². The maximum Gasteiger partial charge on any atom is 0.328 e. The molecule has 0 heterocycles. The summed E-state index contributed by atoms with van der Waals surface area (Å²) in [5.41, 5.74) is -1.24. The molecule has 0 aliphatic heterocycles. The third kappa shape index (κ3) is 6.34. The van der Waals surface area contributed by atoms with Gasteiger partial charge in [0.05, 0.1) is 22.2 Å². The fraction of sp³-hybridized carbons (Fsp3) is 0.550. The van der Waals surface area contributed by atoms with Gasteiger partial charge in [0.2, 0.25) is 5.91 Å². The molecular formula is C20H27N3O5. The fourth-order valence-electron chi connectivity index (χ4n) is 2.47. The van der Waals surface area contributed by atoms with E-state index in [1.807, 2.05) is 20.8 Å². The zero-order valence-electron chi connectivity index (χ0n) is 17.4. The second kappa shape index (κ2) is 8.38. The highest BCUT2D eigenvalue weighted by atomic mass is 16.6. The van der Waals surface area contributed by atoms with E-state index in [0.717, 1.165) is 0 Å². The number of hydrogen-bond donors (Lipinski definition) is 0. The van der Waals surface area contributed by atoms with Crippen molar-refractivity contribution in [2.24, 2.45) is 5.41 Å². The first-order valence-corrected chi connectivity index (χ1v) is 8.83. The van der Waals surface area contributed by atoms with Crippen LogP contribution in [0.4, 0.5) is 11.4 Å². The number of nitriles is 1. The molecule has 0 N–H and O–H groups in total. The van der Waals surface area contributed by atoms with Gasteiger partial charge >= 0.3 is 5.97 Å². The van der Waals surface area contributed by atoms with Crippen molar-refractivity contribution in [3.63, 3.8) is 0 Å². The molecule has 28 heavy (non-hydrogen) atoms. The Balaban J connectivity index is 3.31. The molecular weight excluding hydrogens is 362 g/mol. The first-order valence-electron chi connectivity index (χ1n) is 8.83. The molecule has 0 aromatic heterocycles. The second-order valence-electron chi connectivity index (χ2n) is 8.79. The summed E-state index contributed by atoms with van der Waals surface area (Å²) in [6.45, 7) is 10.7. The van der Waals surface area contributed by atoms with Crippen molar-refractivity contribution in [1.82, 2.24) is 0 Å². The quantitative estimate of drug-likeness (QED) is 0.428. The van der Waals surface area contributed by atoms with Crippen LogP contribution in [0.15, 0.2) is 18.2 Å². The summed E-state index contributed by atoms with van der Waals surface area (Å²) < 4.78 is 5.20. The van der Waals surface area contributed by atoms with Gasteiger partial charge in [-0.25, -0.2) is 0 Å².